The number of ether oxygens (including phenoxy) is 2. The normalized spacial score (nSPS) is 20.7. The molecule has 0 unspecified atom stereocenters. The van der Waals surface area contributed by atoms with E-state index in [1.54, 1.807) is 14.2 Å². The van der Waals surface area contributed by atoms with E-state index in [0.29, 0.717) is 30.2 Å². The smallest absolute Gasteiger partial charge is 0.254 e. The molecule has 4 rings (SSSR count). The molecule has 2 amide bonds. The summed E-state index contributed by atoms with van der Waals surface area (Å²) in [5.41, 5.74) is 2.58. The van der Waals surface area contributed by atoms with Gasteiger partial charge in [-0.05, 0) is 37.5 Å². The lowest BCUT2D eigenvalue weighted by Gasteiger charge is -2.25. The Hall–Kier alpha value is -3.02. The number of hydrogen-bond acceptors (Lipinski definition) is 4. The van der Waals surface area contributed by atoms with E-state index in [-0.39, 0.29) is 23.7 Å². The average molecular weight is 423 g/mol. The van der Waals surface area contributed by atoms with Crippen LogP contribution in [0.15, 0.2) is 42.5 Å². The van der Waals surface area contributed by atoms with Gasteiger partial charge in [0.05, 0.1) is 20.1 Å². The van der Waals surface area contributed by atoms with E-state index in [2.05, 4.69) is 0 Å². The Morgan fingerprint density at radius 1 is 0.935 bits per heavy atom. The van der Waals surface area contributed by atoms with Gasteiger partial charge in [-0.3, -0.25) is 9.59 Å². The number of benzene rings is 2. The standard InChI is InChI=1S/C25H30N2O4/c1-17-8-4-5-9-19(17)24(28)27-15-21(20-11-10-18(30-2)14-23(20)31-3)22(16-27)25(29)26-12-6-7-13-26/h4-5,8-11,14,21-22H,6-7,12-13,15-16H2,1-3H3/t21-,22-/m0/s1. The molecule has 2 heterocycles. The summed E-state index contributed by atoms with van der Waals surface area (Å²) in [7, 11) is 3.24. The Kier molecular flexibility index (Phi) is 6.16. The van der Waals surface area contributed by atoms with Crippen molar-refractivity contribution in [3.63, 3.8) is 0 Å². The molecule has 0 radical (unpaired) electrons. The summed E-state index contributed by atoms with van der Waals surface area (Å²) in [6, 6.07) is 13.3. The molecule has 2 aromatic carbocycles. The monoisotopic (exact) mass is 422 g/mol. The highest BCUT2D eigenvalue weighted by Crippen LogP contribution is 2.40. The Morgan fingerprint density at radius 3 is 2.35 bits per heavy atom. The molecule has 0 saturated carbocycles. The zero-order valence-corrected chi connectivity index (χ0v) is 18.5. The van der Waals surface area contributed by atoms with Crippen LogP contribution in [0.2, 0.25) is 0 Å². The van der Waals surface area contributed by atoms with Crippen LogP contribution in [0.5, 0.6) is 11.5 Å². The van der Waals surface area contributed by atoms with Crippen LogP contribution < -0.4 is 9.47 Å². The molecule has 0 aromatic heterocycles. The minimum atomic E-state index is -0.284. The first-order valence-electron chi connectivity index (χ1n) is 10.9. The van der Waals surface area contributed by atoms with Crippen molar-refractivity contribution in [3.8, 4) is 11.5 Å². The summed E-state index contributed by atoms with van der Waals surface area (Å²) in [5.74, 6) is 1.10. The maximum Gasteiger partial charge on any atom is 0.254 e. The number of aryl methyl sites for hydroxylation is 1. The second kappa shape index (κ2) is 9.00. The number of likely N-dealkylation sites (tertiary alicyclic amines) is 2. The van der Waals surface area contributed by atoms with Crippen molar-refractivity contribution in [2.45, 2.75) is 25.7 Å². The number of rotatable bonds is 5. The van der Waals surface area contributed by atoms with Crippen LogP contribution in [0.25, 0.3) is 0 Å². The second-order valence-electron chi connectivity index (χ2n) is 8.38. The van der Waals surface area contributed by atoms with Gasteiger partial charge in [0.25, 0.3) is 5.91 Å². The maximum atomic E-state index is 13.4. The Balaban J connectivity index is 1.68. The molecule has 2 fully saturated rings. The van der Waals surface area contributed by atoms with E-state index in [0.717, 1.165) is 37.1 Å². The molecular formula is C25H30N2O4. The van der Waals surface area contributed by atoms with Gasteiger partial charge in [-0.1, -0.05) is 24.3 Å². The Labute approximate surface area is 183 Å². The predicted molar refractivity (Wildman–Crippen MR) is 119 cm³/mol. The number of carbonyl (C=O) groups excluding carboxylic acids is 2. The number of nitrogens with zero attached hydrogens (tertiary/aromatic N) is 2. The van der Waals surface area contributed by atoms with E-state index in [9.17, 15) is 9.59 Å². The van der Waals surface area contributed by atoms with Crippen molar-refractivity contribution in [2.75, 3.05) is 40.4 Å². The van der Waals surface area contributed by atoms with Gasteiger partial charge in [0, 0.05) is 49.3 Å². The maximum absolute atomic E-state index is 13.4. The summed E-state index contributed by atoms with van der Waals surface area (Å²) >= 11 is 0. The molecular weight excluding hydrogens is 392 g/mol. The quantitative estimate of drug-likeness (QED) is 0.740. The van der Waals surface area contributed by atoms with Crippen LogP contribution in [-0.2, 0) is 4.79 Å². The van der Waals surface area contributed by atoms with E-state index < -0.39 is 0 Å². The zero-order chi connectivity index (χ0) is 22.0. The van der Waals surface area contributed by atoms with Crippen LogP contribution in [0.3, 0.4) is 0 Å². The minimum Gasteiger partial charge on any atom is -0.497 e. The molecule has 0 N–H and O–H groups in total. The van der Waals surface area contributed by atoms with Crippen molar-refractivity contribution in [2.24, 2.45) is 5.92 Å². The summed E-state index contributed by atoms with van der Waals surface area (Å²) in [6.45, 7) is 4.45. The molecule has 2 aromatic rings. The van der Waals surface area contributed by atoms with Crippen LogP contribution in [-0.4, -0.2) is 62.0 Å². The summed E-state index contributed by atoms with van der Waals surface area (Å²) < 4.78 is 11.0. The molecule has 2 saturated heterocycles. The van der Waals surface area contributed by atoms with Crippen LogP contribution >= 0.6 is 0 Å². The number of hydrogen-bond donors (Lipinski definition) is 0. The average Bonchev–Trinajstić information content (AvgIpc) is 3.48. The van der Waals surface area contributed by atoms with Gasteiger partial charge in [0.15, 0.2) is 0 Å². The third-order valence-electron chi connectivity index (χ3n) is 6.56. The van der Waals surface area contributed by atoms with Gasteiger partial charge in [-0.25, -0.2) is 0 Å². The van der Waals surface area contributed by atoms with Gasteiger partial charge in [-0.2, -0.15) is 0 Å². The number of amides is 2. The lowest BCUT2D eigenvalue weighted by molar-refractivity contribution is -0.134. The lowest BCUT2D eigenvalue weighted by Crippen LogP contribution is -2.37. The SMILES string of the molecule is COc1ccc([C@@H]2CN(C(=O)c3ccccc3C)C[C@@H]2C(=O)N2CCCC2)c(OC)c1. The van der Waals surface area contributed by atoms with Crippen LogP contribution in [0.1, 0.15) is 40.2 Å². The van der Waals surface area contributed by atoms with Gasteiger partial charge in [-0.15, -0.1) is 0 Å². The van der Waals surface area contributed by atoms with Crippen molar-refractivity contribution in [1.82, 2.24) is 9.80 Å². The Morgan fingerprint density at radius 2 is 1.68 bits per heavy atom. The van der Waals surface area contributed by atoms with Crippen LogP contribution in [0, 0.1) is 12.8 Å². The van der Waals surface area contributed by atoms with E-state index in [4.69, 9.17) is 9.47 Å². The molecule has 2 atom stereocenters. The molecule has 2 aliphatic rings. The minimum absolute atomic E-state index is 0.0210. The first kappa shape index (κ1) is 21.2. The van der Waals surface area contributed by atoms with E-state index in [1.807, 2.05) is 59.2 Å². The Bertz CT molecular complexity index is 968. The van der Waals surface area contributed by atoms with Gasteiger partial charge in [0.2, 0.25) is 5.91 Å². The summed E-state index contributed by atoms with van der Waals surface area (Å²) in [6.07, 6.45) is 2.08. The molecule has 0 spiro atoms. The largest absolute Gasteiger partial charge is 0.497 e. The van der Waals surface area contributed by atoms with E-state index in [1.165, 1.54) is 0 Å². The van der Waals surface area contributed by atoms with Crippen molar-refractivity contribution >= 4 is 11.8 Å². The van der Waals surface area contributed by atoms with Crippen molar-refractivity contribution in [1.29, 1.82) is 0 Å². The van der Waals surface area contributed by atoms with Gasteiger partial charge >= 0.3 is 0 Å². The van der Waals surface area contributed by atoms with Crippen LogP contribution in [0.4, 0.5) is 0 Å². The molecule has 6 heteroatoms. The fourth-order valence-corrected chi connectivity index (χ4v) is 4.81. The van der Waals surface area contributed by atoms with Crippen molar-refractivity contribution < 1.29 is 19.1 Å². The molecule has 6 nitrogen and oxygen atoms in total. The highest BCUT2D eigenvalue weighted by molar-refractivity contribution is 5.96. The summed E-state index contributed by atoms with van der Waals surface area (Å²) in [4.78, 5) is 30.6. The third kappa shape index (κ3) is 4.11. The second-order valence-corrected chi connectivity index (χ2v) is 8.38. The topological polar surface area (TPSA) is 59.1 Å². The molecule has 31 heavy (non-hydrogen) atoms. The van der Waals surface area contributed by atoms with Gasteiger partial charge in [0.1, 0.15) is 11.5 Å². The van der Waals surface area contributed by atoms with Crippen molar-refractivity contribution in [3.05, 3.63) is 59.2 Å². The fraction of sp³-hybridized carbons (Fsp3) is 0.440. The molecule has 2 aliphatic heterocycles. The van der Waals surface area contributed by atoms with E-state index >= 15 is 0 Å². The summed E-state index contributed by atoms with van der Waals surface area (Å²) in [5, 5.41) is 0. The van der Waals surface area contributed by atoms with Gasteiger partial charge < -0.3 is 19.3 Å². The number of carbonyl (C=O) groups is 2. The number of methoxy groups -OCH3 is 2. The third-order valence-corrected chi connectivity index (χ3v) is 6.56. The highest BCUT2D eigenvalue weighted by Gasteiger charge is 2.43. The first-order valence-corrected chi connectivity index (χ1v) is 10.9. The first-order chi connectivity index (χ1) is 15.0. The fourth-order valence-electron chi connectivity index (χ4n) is 4.81. The molecule has 0 aliphatic carbocycles. The highest BCUT2D eigenvalue weighted by atomic mass is 16.5. The molecule has 164 valence electrons. The zero-order valence-electron chi connectivity index (χ0n) is 18.5. The molecule has 0 bridgehead atoms. The predicted octanol–water partition coefficient (Wildman–Crippen LogP) is 3.49. The lowest BCUT2D eigenvalue weighted by atomic mass is 9.87.